The molecule has 7 rings (SSSR count). The Labute approximate surface area is 187 Å². The van der Waals surface area contributed by atoms with Crippen molar-refractivity contribution in [2.24, 2.45) is 16.1 Å². The highest BCUT2D eigenvalue weighted by atomic mass is 16.5. The molecule has 1 aliphatic carbocycles. The van der Waals surface area contributed by atoms with Gasteiger partial charge in [-0.25, -0.2) is 4.99 Å². The van der Waals surface area contributed by atoms with E-state index in [0.717, 1.165) is 42.4 Å². The fourth-order valence-corrected chi connectivity index (χ4v) is 5.95. The molecule has 3 fully saturated rings. The number of carbonyl (C=O) groups is 1. The minimum absolute atomic E-state index is 0.0856. The topological polar surface area (TPSA) is 103 Å². The van der Waals surface area contributed by atoms with Gasteiger partial charge in [0, 0.05) is 30.1 Å². The van der Waals surface area contributed by atoms with Crippen molar-refractivity contribution < 1.29 is 14.3 Å². The Hall–Kier alpha value is -3.06. The second-order valence-corrected chi connectivity index (χ2v) is 9.71. The van der Waals surface area contributed by atoms with Crippen molar-refractivity contribution in [1.82, 2.24) is 4.90 Å². The minimum atomic E-state index is -1.07. The number of benzene rings is 2. The zero-order chi connectivity index (χ0) is 22.1. The molecule has 7 heteroatoms. The van der Waals surface area contributed by atoms with Crippen LogP contribution < -0.4 is 16.2 Å². The van der Waals surface area contributed by atoms with Crippen LogP contribution in [-0.4, -0.2) is 42.6 Å². The van der Waals surface area contributed by atoms with Crippen molar-refractivity contribution in [2.45, 2.75) is 49.9 Å². The standard InChI is InChI=1S/C25H28N4O3/c1-29-22(30)25(28-23(29)27)13-21(24-9-7-18(8-10-24)31-14-24)32-20-6-5-16(12-19(20)25)15-3-2-4-17(26)11-15/h2-6,11-12,18,21H,7-10,13-14,26H2,1H3,(H2,27,28). The average Bonchev–Trinajstić information content (AvgIpc) is 3.04. The molecule has 2 unspecified atom stereocenters. The monoisotopic (exact) mass is 432 g/mol. The summed E-state index contributed by atoms with van der Waals surface area (Å²) in [7, 11) is 1.69. The molecular formula is C25H28N4O3. The minimum Gasteiger partial charge on any atom is -0.489 e. The molecule has 2 saturated heterocycles. The van der Waals surface area contributed by atoms with Crippen molar-refractivity contribution in [2.75, 3.05) is 19.4 Å². The molecule has 1 saturated carbocycles. The van der Waals surface area contributed by atoms with Gasteiger partial charge in [-0.2, -0.15) is 0 Å². The number of likely N-dealkylation sites (N-methyl/N-ethyl adjacent to an activating group) is 1. The molecule has 2 atom stereocenters. The first-order valence-electron chi connectivity index (χ1n) is 11.3. The lowest BCUT2D eigenvalue weighted by Crippen LogP contribution is -2.56. The van der Waals surface area contributed by atoms with Crippen molar-refractivity contribution >= 4 is 17.6 Å². The molecule has 2 aromatic rings. The molecule has 7 nitrogen and oxygen atoms in total. The van der Waals surface area contributed by atoms with Gasteiger partial charge >= 0.3 is 0 Å². The number of fused-ring (bicyclic) bond motifs is 5. The van der Waals surface area contributed by atoms with Crippen LogP contribution in [0.15, 0.2) is 47.5 Å². The van der Waals surface area contributed by atoms with Gasteiger partial charge in [-0.15, -0.1) is 0 Å². The number of hydrogen-bond acceptors (Lipinski definition) is 6. The predicted octanol–water partition coefficient (Wildman–Crippen LogP) is 3.03. The van der Waals surface area contributed by atoms with Crippen LogP contribution in [0.3, 0.4) is 0 Å². The Morgan fingerprint density at radius 1 is 1.09 bits per heavy atom. The maximum absolute atomic E-state index is 13.6. The number of anilines is 1. The second kappa shape index (κ2) is 6.72. The molecule has 4 aliphatic heterocycles. The molecule has 5 aliphatic rings. The summed E-state index contributed by atoms with van der Waals surface area (Å²) >= 11 is 0. The Morgan fingerprint density at radius 2 is 1.88 bits per heavy atom. The number of amides is 1. The quantitative estimate of drug-likeness (QED) is 0.710. The molecule has 166 valence electrons. The third-order valence-corrected chi connectivity index (χ3v) is 7.92. The van der Waals surface area contributed by atoms with Crippen LogP contribution in [0.2, 0.25) is 0 Å². The van der Waals surface area contributed by atoms with E-state index in [4.69, 9.17) is 25.9 Å². The molecule has 0 radical (unpaired) electrons. The van der Waals surface area contributed by atoms with Gasteiger partial charge in [0.2, 0.25) is 0 Å². The first-order chi connectivity index (χ1) is 15.4. The molecule has 2 bridgehead atoms. The zero-order valence-electron chi connectivity index (χ0n) is 18.2. The summed E-state index contributed by atoms with van der Waals surface area (Å²) < 4.78 is 12.7. The van der Waals surface area contributed by atoms with Gasteiger partial charge in [0.05, 0.1) is 12.7 Å². The number of carbonyl (C=O) groups excluding carboxylic acids is 1. The lowest BCUT2D eigenvalue weighted by molar-refractivity contribution is -0.164. The molecule has 4 N–H and O–H groups in total. The van der Waals surface area contributed by atoms with Crippen LogP contribution in [0.1, 0.15) is 37.7 Å². The Bertz CT molecular complexity index is 1120. The summed E-state index contributed by atoms with van der Waals surface area (Å²) in [6.45, 7) is 0.679. The maximum atomic E-state index is 13.6. The molecule has 1 amide bonds. The SMILES string of the molecule is CN1C(=O)C2(CC(C34CCC(CC3)OC4)Oc3ccc(-c4cccc(N)c4)cc32)N=C1N. The van der Waals surface area contributed by atoms with Crippen LogP contribution in [0, 0.1) is 5.41 Å². The lowest BCUT2D eigenvalue weighted by atomic mass is 9.64. The van der Waals surface area contributed by atoms with E-state index in [1.165, 1.54) is 4.90 Å². The van der Waals surface area contributed by atoms with Gasteiger partial charge in [0.1, 0.15) is 11.9 Å². The van der Waals surface area contributed by atoms with Crippen LogP contribution in [0.5, 0.6) is 5.75 Å². The number of nitrogen functional groups attached to an aromatic ring is 1. The summed E-state index contributed by atoms with van der Waals surface area (Å²) in [5.74, 6) is 0.851. The number of rotatable bonds is 2. The van der Waals surface area contributed by atoms with E-state index >= 15 is 0 Å². The zero-order valence-corrected chi connectivity index (χ0v) is 18.2. The van der Waals surface area contributed by atoms with Crippen LogP contribution in [-0.2, 0) is 15.1 Å². The van der Waals surface area contributed by atoms with E-state index in [-0.39, 0.29) is 23.4 Å². The van der Waals surface area contributed by atoms with Gasteiger partial charge < -0.3 is 20.9 Å². The molecule has 1 spiro atoms. The number of guanidine groups is 1. The maximum Gasteiger partial charge on any atom is 0.261 e. The van der Waals surface area contributed by atoms with E-state index in [1.807, 2.05) is 42.5 Å². The van der Waals surface area contributed by atoms with E-state index in [2.05, 4.69) is 0 Å². The van der Waals surface area contributed by atoms with Gasteiger partial charge in [-0.1, -0.05) is 18.2 Å². The highest BCUT2D eigenvalue weighted by Crippen LogP contribution is 2.55. The van der Waals surface area contributed by atoms with Gasteiger partial charge in [0.15, 0.2) is 11.5 Å². The predicted molar refractivity (Wildman–Crippen MR) is 122 cm³/mol. The van der Waals surface area contributed by atoms with E-state index in [1.54, 1.807) is 7.05 Å². The summed E-state index contributed by atoms with van der Waals surface area (Å²) in [5, 5.41) is 0. The Balaban J connectivity index is 1.48. The molecule has 32 heavy (non-hydrogen) atoms. The van der Waals surface area contributed by atoms with E-state index < -0.39 is 5.54 Å². The van der Waals surface area contributed by atoms with Crippen molar-refractivity contribution in [1.29, 1.82) is 0 Å². The average molecular weight is 433 g/mol. The molecule has 4 heterocycles. The number of nitrogens with zero attached hydrogens (tertiary/aromatic N) is 2. The molecular weight excluding hydrogens is 404 g/mol. The smallest absolute Gasteiger partial charge is 0.261 e. The summed E-state index contributed by atoms with van der Waals surface area (Å²) in [5.41, 5.74) is 14.4. The normalized spacial score (nSPS) is 33.2. The van der Waals surface area contributed by atoms with Crippen LogP contribution >= 0.6 is 0 Å². The summed E-state index contributed by atoms with van der Waals surface area (Å²) in [6, 6.07) is 13.7. The largest absolute Gasteiger partial charge is 0.489 e. The van der Waals surface area contributed by atoms with Crippen LogP contribution in [0.4, 0.5) is 5.69 Å². The first-order valence-corrected chi connectivity index (χ1v) is 11.3. The third kappa shape index (κ3) is 2.70. The van der Waals surface area contributed by atoms with Crippen LogP contribution in [0.25, 0.3) is 11.1 Å². The van der Waals surface area contributed by atoms with Crippen molar-refractivity contribution in [3.8, 4) is 16.9 Å². The highest BCUT2D eigenvalue weighted by molar-refractivity contribution is 6.07. The summed E-state index contributed by atoms with van der Waals surface area (Å²) in [4.78, 5) is 19.9. The third-order valence-electron chi connectivity index (χ3n) is 7.92. The van der Waals surface area contributed by atoms with Gasteiger partial charge in [-0.05, 0) is 61.1 Å². The first kappa shape index (κ1) is 19.6. The van der Waals surface area contributed by atoms with E-state index in [9.17, 15) is 4.79 Å². The highest BCUT2D eigenvalue weighted by Gasteiger charge is 2.58. The summed E-state index contributed by atoms with van der Waals surface area (Å²) in [6.07, 6.45) is 4.90. The number of hydrogen-bond donors (Lipinski definition) is 2. The molecule has 0 aromatic heterocycles. The van der Waals surface area contributed by atoms with Gasteiger partial charge in [-0.3, -0.25) is 9.69 Å². The number of ether oxygens (including phenoxy) is 2. The van der Waals surface area contributed by atoms with Gasteiger partial charge in [0.25, 0.3) is 5.91 Å². The van der Waals surface area contributed by atoms with Crippen molar-refractivity contribution in [3.05, 3.63) is 48.0 Å². The van der Waals surface area contributed by atoms with E-state index in [0.29, 0.717) is 30.6 Å². The Kier molecular flexibility index (Phi) is 4.12. The number of nitrogens with two attached hydrogens (primary N) is 2. The number of aliphatic imine (C=N–C) groups is 1. The Morgan fingerprint density at radius 3 is 2.53 bits per heavy atom. The fourth-order valence-electron chi connectivity index (χ4n) is 5.95. The second-order valence-electron chi connectivity index (χ2n) is 9.71. The lowest BCUT2D eigenvalue weighted by Gasteiger charge is -2.52. The van der Waals surface area contributed by atoms with Crippen molar-refractivity contribution in [3.63, 3.8) is 0 Å². The molecule has 2 aromatic carbocycles. The fraction of sp³-hybridized carbons (Fsp3) is 0.440.